The number of aliphatic hydroxyl groups excluding tert-OH is 1. The van der Waals surface area contributed by atoms with Crippen molar-refractivity contribution >= 4 is 18.0 Å². The maximum atomic E-state index is 10.5. The number of rotatable bonds is 3. The molecule has 1 heterocycles. The number of thioether (sulfide) groups is 1. The van der Waals surface area contributed by atoms with Gasteiger partial charge in [-0.2, -0.15) is 11.8 Å². The van der Waals surface area contributed by atoms with Crippen LogP contribution in [0.15, 0.2) is 24.3 Å². The van der Waals surface area contributed by atoms with Crippen molar-refractivity contribution in [1.82, 2.24) is 0 Å². The molecule has 0 bridgehead atoms. The van der Waals surface area contributed by atoms with Crippen LogP contribution in [0.3, 0.4) is 0 Å². The number of aldehydes is 1. The van der Waals surface area contributed by atoms with Gasteiger partial charge in [-0.25, -0.2) is 0 Å². The molecule has 1 N–H and O–H groups in total. The van der Waals surface area contributed by atoms with Gasteiger partial charge in [0.25, 0.3) is 0 Å². The fourth-order valence-corrected chi connectivity index (χ4v) is 3.13. The van der Waals surface area contributed by atoms with E-state index in [1.165, 1.54) is 0 Å². The van der Waals surface area contributed by atoms with E-state index >= 15 is 0 Å². The second kappa shape index (κ2) is 4.81. The van der Waals surface area contributed by atoms with Crippen molar-refractivity contribution in [3.63, 3.8) is 0 Å². The first-order chi connectivity index (χ1) is 7.31. The lowest BCUT2D eigenvalue weighted by Crippen LogP contribution is -2.11. The van der Waals surface area contributed by atoms with E-state index in [-0.39, 0.29) is 6.10 Å². The van der Waals surface area contributed by atoms with Gasteiger partial charge in [0.05, 0.1) is 6.10 Å². The van der Waals surface area contributed by atoms with Crippen LogP contribution in [0.25, 0.3) is 0 Å². The van der Waals surface area contributed by atoms with Crippen LogP contribution in [0, 0.1) is 5.92 Å². The van der Waals surface area contributed by atoms with E-state index in [1.54, 1.807) is 12.1 Å². The Hall–Kier alpha value is -0.800. The molecule has 0 spiro atoms. The van der Waals surface area contributed by atoms with E-state index < -0.39 is 0 Å². The lowest BCUT2D eigenvalue weighted by atomic mass is 9.95. The Bertz CT molecular complexity index is 328. The van der Waals surface area contributed by atoms with Crippen molar-refractivity contribution in [2.75, 3.05) is 11.5 Å². The van der Waals surface area contributed by atoms with Crippen LogP contribution < -0.4 is 0 Å². The van der Waals surface area contributed by atoms with Gasteiger partial charge in [0.2, 0.25) is 0 Å². The topological polar surface area (TPSA) is 37.3 Å². The molecule has 1 saturated heterocycles. The number of hydrogen-bond acceptors (Lipinski definition) is 3. The third kappa shape index (κ3) is 2.41. The number of hydrogen-bond donors (Lipinski definition) is 1. The van der Waals surface area contributed by atoms with E-state index in [4.69, 9.17) is 0 Å². The molecular formula is C12H14O2S. The summed E-state index contributed by atoms with van der Waals surface area (Å²) in [6.45, 7) is 0. The molecule has 1 aliphatic heterocycles. The third-order valence-corrected chi connectivity index (χ3v) is 4.01. The molecule has 2 unspecified atom stereocenters. The SMILES string of the molecule is O=Cc1ccc(C(O)C2CCSC2)cc1. The zero-order chi connectivity index (χ0) is 10.7. The van der Waals surface area contributed by atoms with Gasteiger partial charge in [-0.3, -0.25) is 4.79 Å². The molecule has 1 aromatic rings. The number of carbonyl (C=O) groups is 1. The van der Waals surface area contributed by atoms with Gasteiger partial charge in [0.1, 0.15) is 6.29 Å². The first-order valence-corrected chi connectivity index (χ1v) is 6.27. The molecular weight excluding hydrogens is 208 g/mol. The summed E-state index contributed by atoms with van der Waals surface area (Å²) in [7, 11) is 0. The second-order valence-electron chi connectivity index (χ2n) is 3.85. The zero-order valence-corrected chi connectivity index (χ0v) is 9.24. The lowest BCUT2D eigenvalue weighted by Gasteiger charge is -2.17. The molecule has 2 rings (SSSR count). The Kier molecular flexibility index (Phi) is 3.44. The Morgan fingerprint density at radius 1 is 1.40 bits per heavy atom. The highest BCUT2D eigenvalue weighted by molar-refractivity contribution is 7.99. The summed E-state index contributed by atoms with van der Waals surface area (Å²) >= 11 is 1.90. The summed E-state index contributed by atoms with van der Waals surface area (Å²) < 4.78 is 0. The maximum absolute atomic E-state index is 10.5. The fraction of sp³-hybridized carbons (Fsp3) is 0.417. The molecule has 1 fully saturated rings. The molecule has 80 valence electrons. The third-order valence-electron chi connectivity index (χ3n) is 2.83. The van der Waals surface area contributed by atoms with Gasteiger partial charge in [0, 0.05) is 5.56 Å². The Labute approximate surface area is 93.7 Å². The highest BCUT2D eigenvalue weighted by atomic mass is 32.2. The second-order valence-corrected chi connectivity index (χ2v) is 5.00. The first kappa shape index (κ1) is 10.7. The smallest absolute Gasteiger partial charge is 0.150 e. The van der Waals surface area contributed by atoms with Crippen molar-refractivity contribution in [2.24, 2.45) is 5.92 Å². The minimum Gasteiger partial charge on any atom is -0.388 e. The molecule has 2 atom stereocenters. The van der Waals surface area contributed by atoms with Gasteiger partial charge < -0.3 is 5.11 Å². The zero-order valence-electron chi connectivity index (χ0n) is 8.43. The molecule has 0 aliphatic carbocycles. The molecule has 1 aromatic carbocycles. The average molecular weight is 222 g/mol. The fourth-order valence-electron chi connectivity index (χ4n) is 1.85. The van der Waals surface area contributed by atoms with Crippen LogP contribution in [0.2, 0.25) is 0 Å². The monoisotopic (exact) mass is 222 g/mol. The van der Waals surface area contributed by atoms with Crippen LogP contribution in [-0.2, 0) is 0 Å². The highest BCUT2D eigenvalue weighted by Gasteiger charge is 2.24. The molecule has 3 heteroatoms. The molecule has 0 saturated carbocycles. The number of aliphatic hydroxyl groups is 1. The molecule has 0 radical (unpaired) electrons. The van der Waals surface area contributed by atoms with Crippen LogP contribution in [0.4, 0.5) is 0 Å². The summed E-state index contributed by atoms with van der Waals surface area (Å²) in [6.07, 6.45) is 1.53. The van der Waals surface area contributed by atoms with Crippen molar-refractivity contribution in [3.05, 3.63) is 35.4 Å². The molecule has 1 aliphatic rings. The number of benzene rings is 1. The standard InChI is InChI=1S/C12H14O2S/c13-7-9-1-3-10(4-2-9)12(14)11-5-6-15-8-11/h1-4,7,11-12,14H,5-6,8H2. The lowest BCUT2D eigenvalue weighted by molar-refractivity contribution is 0.112. The maximum Gasteiger partial charge on any atom is 0.150 e. The average Bonchev–Trinajstić information content (AvgIpc) is 2.82. The van der Waals surface area contributed by atoms with E-state index in [0.717, 1.165) is 29.8 Å². The summed E-state index contributed by atoms with van der Waals surface area (Å²) in [6, 6.07) is 7.20. The molecule has 0 aromatic heterocycles. The van der Waals surface area contributed by atoms with Crippen LogP contribution >= 0.6 is 11.8 Å². The molecule has 2 nitrogen and oxygen atoms in total. The van der Waals surface area contributed by atoms with Crippen LogP contribution in [0.5, 0.6) is 0 Å². The highest BCUT2D eigenvalue weighted by Crippen LogP contribution is 2.33. The predicted molar refractivity (Wildman–Crippen MR) is 62.2 cm³/mol. The van der Waals surface area contributed by atoms with Gasteiger partial charge in [-0.1, -0.05) is 24.3 Å². The van der Waals surface area contributed by atoms with Crippen molar-refractivity contribution in [1.29, 1.82) is 0 Å². The summed E-state index contributed by atoms with van der Waals surface area (Å²) in [5, 5.41) is 10.1. The van der Waals surface area contributed by atoms with Crippen molar-refractivity contribution in [2.45, 2.75) is 12.5 Å². The first-order valence-electron chi connectivity index (χ1n) is 5.12. The van der Waals surface area contributed by atoms with Gasteiger partial charge in [0.15, 0.2) is 0 Å². The van der Waals surface area contributed by atoms with Crippen LogP contribution in [0.1, 0.15) is 28.4 Å². The molecule has 0 amide bonds. The quantitative estimate of drug-likeness (QED) is 0.797. The van der Waals surface area contributed by atoms with Gasteiger partial charge in [-0.05, 0) is 29.4 Å². The summed E-state index contributed by atoms with van der Waals surface area (Å²) in [5.41, 5.74) is 1.58. The van der Waals surface area contributed by atoms with Crippen LogP contribution in [-0.4, -0.2) is 22.9 Å². The molecule has 15 heavy (non-hydrogen) atoms. The largest absolute Gasteiger partial charge is 0.388 e. The van der Waals surface area contributed by atoms with Crippen molar-refractivity contribution in [3.8, 4) is 0 Å². The van der Waals surface area contributed by atoms with Gasteiger partial charge >= 0.3 is 0 Å². The van der Waals surface area contributed by atoms with E-state index in [2.05, 4.69) is 0 Å². The predicted octanol–water partition coefficient (Wildman–Crippen LogP) is 2.29. The Morgan fingerprint density at radius 3 is 2.67 bits per heavy atom. The van der Waals surface area contributed by atoms with Gasteiger partial charge in [-0.15, -0.1) is 0 Å². The Balaban J connectivity index is 2.10. The van der Waals surface area contributed by atoms with E-state index in [1.807, 2.05) is 23.9 Å². The van der Waals surface area contributed by atoms with E-state index in [0.29, 0.717) is 11.5 Å². The summed E-state index contributed by atoms with van der Waals surface area (Å²) in [5.74, 6) is 2.56. The Morgan fingerprint density at radius 2 is 2.13 bits per heavy atom. The summed E-state index contributed by atoms with van der Waals surface area (Å²) in [4.78, 5) is 10.5. The number of carbonyl (C=O) groups excluding carboxylic acids is 1. The normalized spacial score (nSPS) is 22.6. The van der Waals surface area contributed by atoms with Crippen molar-refractivity contribution < 1.29 is 9.90 Å². The van der Waals surface area contributed by atoms with E-state index in [9.17, 15) is 9.90 Å². The minimum absolute atomic E-state index is 0.372. The minimum atomic E-state index is -0.374.